The standard InChI is InChI=1S/C30H32N6OS/c1-21-19-26(22(2)35(21)20-23-10-13-31-14-11-23)29-28(27-5-3-4-12-32-27)33-30(38)36(29)25-8-6-24(7-9-25)34-15-17-37-18-16-34/h3-14,19,28-29H,15-18,20H2,1-2H3,(H,33,38)/t28-,29+/m0/s1. The monoisotopic (exact) mass is 524 g/mol. The highest BCUT2D eigenvalue weighted by molar-refractivity contribution is 7.80. The lowest BCUT2D eigenvalue weighted by atomic mass is 9.96. The van der Waals surface area contributed by atoms with Gasteiger partial charge in [0.1, 0.15) is 0 Å². The summed E-state index contributed by atoms with van der Waals surface area (Å²) >= 11 is 5.97. The van der Waals surface area contributed by atoms with Crippen LogP contribution in [0.2, 0.25) is 0 Å². The van der Waals surface area contributed by atoms with Crippen LogP contribution in [0.5, 0.6) is 0 Å². The number of pyridine rings is 2. The van der Waals surface area contributed by atoms with Gasteiger partial charge in [0.05, 0.1) is 31.0 Å². The van der Waals surface area contributed by atoms with Crippen molar-refractivity contribution in [2.24, 2.45) is 0 Å². The van der Waals surface area contributed by atoms with Crippen molar-refractivity contribution < 1.29 is 4.74 Å². The van der Waals surface area contributed by atoms with Gasteiger partial charge in [0, 0.05) is 61.0 Å². The molecule has 1 N–H and O–H groups in total. The molecule has 5 heterocycles. The minimum absolute atomic E-state index is 0.0379. The summed E-state index contributed by atoms with van der Waals surface area (Å²) in [4.78, 5) is 13.5. The molecule has 0 aliphatic carbocycles. The lowest BCUT2D eigenvalue weighted by Crippen LogP contribution is -2.36. The summed E-state index contributed by atoms with van der Waals surface area (Å²) in [5.74, 6) is 0. The molecule has 2 aliphatic rings. The minimum Gasteiger partial charge on any atom is -0.378 e. The van der Waals surface area contributed by atoms with E-state index >= 15 is 0 Å². The number of anilines is 2. The number of morpholine rings is 1. The maximum absolute atomic E-state index is 5.97. The molecule has 4 aromatic rings. The molecule has 0 amide bonds. The third-order valence-corrected chi connectivity index (χ3v) is 7.94. The van der Waals surface area contributed by atoms with Crippen molar-refractivity contribution in [3.63, 3.8) is 0 Å². The Labute approximate surface area is 229 Å². The van der Waals surface area contributed by atoms with E-state index in [0.717, 1.165) is 44.2 Å². The highest BCUT2D eigenvalue weighted by atomic mass is 32.1. The Bertz CT molecular complexity index is 1400. The first kappa shape index (κ1) is 24.6. The third kappa shape index (κ3) is 4.66. The molecular weight excluding hydrogens is 492 g/mol. The molecule has 0 spiro atoms. The molecular formula is C30H32N6OS. The zero-order valence-electron chi connectivity index (χ0n) is 21.7. The van der Waals surface area contributed by atoms with E-state index in [-0.39, 0.29) is 12.1 Å². The number of aryl methyl sites for hydroxylation is 1. The smallest absolute Gasteiger partial charge is 0.174 e. The molecule has 0 radical (unpaired) electrons. The average Bonchev–Trinajstić information content (AvgIpc) is 3.45. The number of benzene rings is 1. The molecule has 3 aromatic heterocycles. The number of nitrogens with zero attached hydrogens (tertiary/aromatic N) is 5. The topological polar surface area (TPSA) is 58.5 Å². The van der Waals surface area contributed by atoms with Crippen LogP contribution in [0.3, 0.4) is 0 Å². The predicted octanol–water partition coefficient (Wildman–Crippen LogP) is 4.96. The van der Waals surface area contributed by atoms with E-state index in [2.05, 4.69) is 87.0 Å². The number of thiocarbonyl (C=S) groups is 1. The van der Waals surface area contributed by atoms with Crippen molar-refractivity contribution in [1.29, 1.82) is 0 Å². The summed E-state index contributed by atoms with van der Waals surface area (Å²) in [6.07, 6.45) is 5.55. The van der Waals surface area contributed by atoms with Crippen LogP contribution in [-0.2, 0) is 11.3 Å². The molecule has 2 fully saturated rings. The summed E-state index contributed by atoms with van der Waals surface area (Å²) in [6, 6.07) is 21.2. The maximum atomic E-state index is 5.97. The third-order valence-electron chi connectivity index (χ3n) is 7.62. The summed E-state index contributed by atoms with van der Waals surface area (Å²) in [5.41, 5.74) is 8.18. The van der Waals surface area contributed by atoms with Crippen LogP contribution in [0.15, 0.2) is 79.3 Å². The van der Waals surface area contributed by atoms with Crippen LogP contribution in [-0.4, -0.2) is 46.0 Å². The van der Waals surface area contributed by atoms with Crippen molar-refractivity contribution in [3.05, 3.63) is 107 Å². The maximum Gasteiger partial charge on any atom is 0.174 e. The second-order valence-electron chi connectivity index (χ2n) is 9.88. The SMILES string of the molecule is Cc1cc([C@@H]2[C@H](c3ccccn3)NC(=S)N2c2ccc(N3CCOCC3)cc2)c(C)n1Cc1ccncc1. The lowest BCUT2D eigenvalue weighted by molar-refractivity contribution is 0.122. The van der Waals surface area contributed by atoms with Crippen LogP contribution < -0.4 is 15.1 Å². The van der Waals surface area contributed by atoms with Gasteiger partial charge in [0.15, 0.2) is 5.11 Å². The van der Waals surface area contributed by atoms with Gasteiger partial charge in [-0.2, -0.15) is 0 Å². The Kier molecular flexibility index (Phi) is 6.82. The predicted molar refractivity (Wildman–Crippen MR) is 155 cm³/mol. The minimum atomic E-state index is -0.0718. The van der Waals surface area contributed by atoms with Gasteiger partial charge in [-0.3, -0.25) is 9.97 Å². The molecule has 2 aliphatic heterocycles. The fourth-order valence-corrected chi connectivity index (χ4v) is 5.98. The Morgan fingerprint density at radius 2 is 1.68 bits per heavy atom. The number of hydrogen-bond donors (Lipinski definition) is 1. The number of aromatic nitrogens is 3. The van der Waals surface area contributed by atoms with E-state index in [4.69, 9.17) is 21.9 Å². The molecule has 0 bridgehead atoms. The van der Waals surface area contributed by atoms with E-state index in [1.54, 1.807) is 0 Å². The molecule has 8 heteroatoms. The van der Waals surface area contributed by atoms with Crippen molar-refractivity contribution >= 4 is 28.7 Å². The van der Waals surface area contributed by atoms with Crippen molar-refractivity contribution in [2.75, 3.05) is 36.1 Å². The largest absolute Gasteiger partial charge is 0.378 e. The Balaban J connectivity index is 1.39. The van der Waals surface area contributed by atoms with Gasteiger partial charge in [-0.1, -0.05) is 6.07 Å². The molecule has 2 atom stereocenters. The zero-order chi connectivity index (χ0) is 26.1. The second kappa shape index (κ2) is 10.6. The fraction of sp³-hybridized carbons (Fsp3) is 0.300. The normalized spacial score (nSPS) is 19.6. The van der Waals surface area contributed by atoms with Gasteiger partial charge in [-0.15, -0.1) is 0 Å². The van der Waals surface area contributed by atoms with Crippen molar-refractivity contribution in [3.8, 4) is 0 Å². The van der Waals surface area contributed by atoms with Crippen molar-refractivity contribution in [2.45, 2.75) is 32.5 Å². The van der Waals surface area contributed by atoms with Crippen molar-refractivity contribution in [1.82, 2.24) is 19.9 Å². The molecule has 2 saturated heterocycles. The van der Waals surface area contributed by atoms with E-state index in [9.17, 15) is 0 Å². The highest BCUT2D eigenvalue weighted by Crippen LogP contribution is 2.43. The van der Waals surface area contributed by atoms with Gasteiger partial charge in [0.25, 0.3) is 0 Å². The van der Waals surface area contributed by atoms with E-state index in [1.807, 2.05) is 30.7 Å². The first-order valence-electron chi connectivity index (χ1n) is 13.1. The van der Waals surface area contributed by atoms with Crippen LogP contribution in [0.4, 0.5) is 11.4 Å². The number of hydrogen-bond acceptors (Lipinski definition) is 5. The second-order valence-corrected chi connectivity index (χ2v) is 10.3. The van der Waals surface area contributed by atoms with E-state index < -0.39 is 0 Å². The fourth-order valence-electron chi connectivity index (χ4n) is 5.64. The first-order valence-corrected chi connectivity index (χ1v) is 13.5. The molecule has 6 rings (SSSR count). The molecule has 0 unspecified atom stereocenters. The first-order chi connectivity index (χ1) is 18.6. The summed E-state index contributed by atoms with van der Waals surface area (Å²) in [5, 5.41) is 4.31. The molecule has 0 saturated carbocycles. The zero-order valence-corrected chi connectivity index (χ0v) is 22.6. The number of rotatable bonds is 6. The summed E-state index contributed by atoms with van der Waals surface area (Å²) in [7, 11) is 0. The summed E-state index contributed by atoms with van der Waals surface area (Å²) in [6.45, 7) is 8.55. The average molecular weight is 525 g/mol. The Hall–Kier alpha value is -3.75. The Morgan fingerprint density at radius 3 is 2.39 bits per heavy atom. The van der Waals surface area contributed by atoms with Gasteiger partial charge >= 0.3 is 0 Å². The van der Waals surface area contributed by atoms with Crippen LogP contribution in [0.1, 0.15) is 40.3 Å². The van der Waals surface area contributed by atoms with E-state index in [1.165, 1.54) is 28.2 Å². The van der Waals surface area contributed by atoms with Crippen LogP contribution in [0.25, 0.3) is 0 Å². The Morgan fingerprint density at radius 1 is 0.947 bits per heavy atom. The highest BCUT2D eigenvalue weighted by Gasteiger charge is 2.42. The molecule has 1 aromatic carbocycles. The summed E-state index contributed by atoms with van der Waals surface area (Å²) < 4.78 is 7.91. The van der Waals surface area contributed by atoms with E-state index in [0.29, 0.717) is 5.11 Å². The van der Waals surface area contributed by atoms with Gasteiger partial charge < -0.3 is 24.4 Å². The molecule has 38 heavy (non-hydrogen) atoms. The van der Waals surface area contributed by atoms with Crippen LogP contribution >= 0.6 is 12.2 Å². The van der Waals surface area contributed by atoms with Gasteiger partial charge in [-0.25, -0.2) is 0 Å². The van der Waals surface area contributed by atoms with Gasteiger partial charge in [-0.05, 0) is 91.8 Å². The molecule has 194 valence electrons. The molecule has 7 nitrogen and oxygen atoms in total. The van der Waals surface area contributed by atoms with Gasteiger partial charge in [0.2, 0.25) is 0 Å². The number of nitrogens with one attached hydrogen (secondary N) is 1. The quantitative estimate of drug-likeness (QED) is 0.358. The number of ether oxygens (including phenoxy) is 1. The lowest BCUT2D eigenvalue weighted by Gasteiger charge is -2.31. The van der Waals surface area contributed by atoms with Crippen LogP contribution in [0, 0.1) is 13.8 Å².